The summed E-state index contributed by atoms with van der Waals surface area (Å²) in [6.07, 6.45) is 4.50. The Morgan fingerprint density at radius 3 is 2.74 bits per heavy atom. The molecule has 0 aliphatic heterocycles. The van der Waals surface area contributed by atoms with Crippen LogP contribution in [0.25, 0.3) is 0 Å². The highest BCUT2D eigenvalue weighted by Gasteiger charge is 2.25. The van der Waals surface area contributed by atoms with Gasteiger partial charge < -0.3 is 10.1 Å². The largest absolute Gasteiger partial charge is 0.484 e. The summed E-state index contributed by atoms with van der Waals surface area (Å²) in [5, 5.41) is 3.04. The summed E-state index contributed by atoms with van der Waals surface area (Å²) in [6.45, 7) is 0.0650. The van der Waals surface area contributed by atoms with Crippen molar-refractivity contribution in [3.8, 4) is 5.75 Å². The van der Waals surface area contributed by atoms with Crippen LogP contribution in [0.5, 0.6) is 5.75 Å². The van der Waals surface area contributed by atoms with Gasteiger partial charge in [-0.05, 0) is 30.9 Å². The maximum Gasteiger partial charge on any atom is 0.258 e. The van der Waals surface area contributed by atoms with Gasteiger partial charge in [-0.1, -0.05) is 31.0 Å². The second-order valence-electron chi connectivity index (χ2n) is 4.97. The van der Waals surface area contributed by atoms with Crippen LogP contribution in [-0.2, 0) is 4.79 Å². The summed E-state index contributed by atoms with van der Waals surface area (Å²) in [6, 6.07) is 9.58. The van der Waals surface area contributed by atoms with Gasteiger partial charge in [0, 0.05) is 11.9 Å². The summed E-state index contributed by atoms with van der Waals surface area (Å²) >= 11 is 5.95. The minimum Gasteiger partial charge on any atom is -0.484 e. The second-order valence-corrected chi connectivity index (χ2v) is 5.28. The standard InChI is InChI=1S/C15H20ClNO2/c16-10-12-6-4-5-9-14(12)17-15(18)11-19-13-7-2-1-3-8-13/h1-3,7-8,12,14H,4-6,9-11H2,(H,17,18). The molecule has 1 N–H and O–H groups in total. The van der Waals surface area contributed by atoms with Crippen LogP contribution in [-0.4, -0.2) is 24.4 Å². The van der Waals surface area contributed by atoms with E-state index in [9.17, 15) is 4.79 Å². The molecule has 0 saturated heterocycles. The predicted octanol–water partition coefficient (Wildman–Crippen LogP) is 2.98. The Morgan fingerprint density at radius 2 is 2.00 bits per heavy atom. The van der Waals surface area contributed by atoms with Crippen molar-refractivity contribution in [2.45, 2.75) is 31.7 Å². The van der Waals surface area contributed by atoms with Gasteiger partial charge in [-0.3, -0.25) is 4.79 Å². The molecule has 1 aliphatic rings. The summed E-state index contributed by atoms with van der Waals surface area (Å²) in [5.74, 6) is 1.67. The Balaban J connectivity index is 1.77. The van der Waals surface area contributed by atoms with Crippen LogP contribution in [0.1, 0.15) is 25.7 Å². The van der Waals surface area contributed by atoms with Gasteiger partial charge in [0.15, 0.2) is 6.61 Å². The topological polar surface area (TPSA) is 38.3 Å². The van der Waals surface area contributed by atoms with Gasteiger partial charge in [0.1, 0.15) is 5.75 Å². The second kappa shape index (κ2) is 7.39. The van der Waals surface area contributed by atoms with E-state index in [0.717, 1.165) is 25.0 Å². The zero-order chi connectivity index (χ0) is 13.5. The molecule has 0 aromatic heterocycles. The molecule has 1 saturated carbocycles. The zero-order valence-electron chi connectivity index (χ0n) is 11.0. The fourth-order valence-corrected chi connectivity index (χ4v) is 2.87. The number of nitrogens with one attached hydrogen (secondary N) is 1. The van der Waals surface area contributed by atoms with Crippen molar-refractivity contribution >= 4 is 17.5 Å². The number of benzene rings is 1. The van der Waals surface area contributed by atoms with E-state index >= 15 is 0 Å². The number of ether oxygens (including phenoxy) is 1. The van der Waals surface area contributed by atoms with Crippen LogP contribution in [0.2, 0.25) is 0 Å². The molecular formula is C15H20ClNO2. The number of amides is 1. The van der Waals surface area contributed by atoms with E-state index in [1.54, 1.807) is 0 Å². The van der Waals surface area contributed by atoms with Crippen molar-refractivity contribution in [2.24, 2.45) is 5.92 Å². The van der Waals surface area contributed by atoms with Gasteiger partial charge in [-0.2, -0.15) is 0 Å². The fraction of sp³-hybridized carbons (Fsp3) is 0.533. The highest BCUT2D eigenvalue weighted by molar-refractivity contribution is 6.18. The van der Waals surface area contributed by atoms with Gasteiger partial charge >= 0.3 is 0 Å². The van der Waals surface area contributed by atoms with Gasteiger partial charge in [0.05, 0.1) is 0 Å². The number of para-hydroxylation sites is 1. The summed E-state index contributed by atoms with van der Waals surface area (Å²) < 4.78 is 5.43. The number of rotatable bonds is 5. The monoisotopic (exact) mass is 281 g/mol. The lowest BCUT2D eigenvalue weighted by Crippen LogP contribution is -2.44. The van der Waals surface area contributed by atoms with Gasteiger partial charge in [-0.15, -0.1) is 11.6 Å². The average molecular weight is 282 g/mol. The molecule has 0 spiro atoms. The van der Waals surface area contributed by atoms with Gasteiger partial charge in [0.25, 0.3) is 5.91 Å². The van der Waals surface area contributed by atoms with E-state index in [-0.39, 0.29) is 18.6 Å². The number of hydrogen-bond donors (Lipinski definition) is 1. The molecule has 2 unspecified atom stereocenters. The van der Waals surface area contributed by atoms with Crippen LogP contribution in [0.15, 0.2) is 30.3 Å². The van der Waals surface area contributed by atoms with Crippen LogP contribution in [0.4, 0.5) is 0 Å². The third-order valence-electron chi connectivity index (χ3n) is 3.57. The first-order valence-electron chi connectivity index (χ1n) is 6.83. The smallest absolute Gasteiger partial charge is 0.258 e. The molecule has 0 heterocycles. The van der Waals surface area contributed by atoms with E-state index in [2.05, 4.69) is 5.32 Å². The van der Waals surface area contributed by atoms with E-state index in [0.29, 0.717) is 11.8 Å². The molecule has 1 fully saturated rings. The predicted molar refractivity (Wildman–Crippen MR) is 76.5 cm³/mol. The van der Waals surface area contributed by atoms with Crippen molar-refractivity contribution in [3.05, 3.63) is 30.3 Å². The maximum absolute atomic E-state index is 11.9. The Labute approximate surface area is 119 Å². The maximum atomic E-state index is 11.9. The third-order valence-corrected chi connectivity index (χ3v) is 3.96. The first kappa shape index (κ1) is 14.2. The van der Waals surface area contributed by atoms with Crippen molar-refractivity contribution in [3.63, 3.8) is 0 Å². The van der Waals surface area contributed by atoms with E-state index < -0.39 is 0 Å². The molecule has 0 radical (unpaired) electrons. The quantitative estimate of drug-likeness (QED) is 0.843. The molecule has 1 amide bonds. The summed E-state index contributed by atoms with van der Waals surface area (Å²) in [7, 11) is 0. The third kappa shape index (κ3) is 4.43. The van der Waals surface area contributed by atoms with E-state index in [1.807, 2.05) is 30.3 Å². The van der Waals surface area contributed by atoms with E-state index in [4.69, 9.17) is 16.3 Å². The molecule has 2 atom stereocenters. The Bertz CT molecular complexity index is 396. The fourth-order valence-electron chi connectivity index (χ4n) is 2.50. The van der Waals surface area contributed by atoms with E-state index in [1.165, 1.54) is 6.42 Å². The molecule has 4 heteroatoms. The molecule has 1 aromatic rings. The minimum atomic E-state index is -0.0640. The highest BCUT2D eigenvalue weighted by Crippen LogP contribution is 2.25. The summed E-state index contributed by atoms with van der Waals surface area (Å²) in [4.78, 5) is 11.9. The van der Waals surface area contributed by atoms with Crippen molar-refractivity contribution < 1.29 is 9.53 Å². The van der Waals surface area contributed by atoms with Gasteiger partial charge in [-0.25, -0.2) is 0 Å². The Hall–Kier alpha value is -1.22. The number of alkyl halides is 1. The number of carbonyl (C=O) groups is 1. The molecule has 0 bridgehead atoms. The van der Waals surface area contributed by atoms with Crippen molar-refractivity contribution in [2.75, 3.05) is 12.5 Å². The van der Waals surface area contributed by atoms with Crippen LogP contribution in [0, 0.1) is 5.92 Å². The lowest BCUT2D eigenvalue weighted by atomic mass is 9.86. The van der Waals surface area contributed by atoms with Crippen LogP contribution in [0.3, 0.4) is 0 Å². The number of hydrogen-bond acceptors (Lipinski definition) is 2. The lowest BCUT2D eigenvalue weighted by molar-refractivity contribution is -0.124. The highest BCUT2D eigenvalue weighted by atomic mass is 35.5. The van der Waals surface area contributed by atoms with Crippen molar-refractivity contribution in [1.29, 1.82) is 0 Å². The molecular weight excluding hydrogens is 262 g/mol. The lowest BCUT2D eigenvalue weighted by Gasteiger charge is -2.30. The Morgan fingerprint density at radius 1 is 1.26 bits per heavy atom. The molecule has 3 nitrogen and oxygen atoms in total. The molecule has 19 heavy (non-hydrogen) atoms. The van der Waals surface area contributed by atoms with Crippen molar-refractivity contribution in [1.82, 2.24) is 5.32 Å². The minimum absolute atomic E-state index is 0.0640. The zero-order valence-corrected chi connectivity index (χ0v) is 11.7. The molecule has 1 aliphatic carbocycles. The van der Waals surface area contributed by atoms with Gasteiger partial charge in [0.2, 0.25) is 0 Å². The molecule has 1 aromatic carbocycles. The first-order valence-corrected chi connectivity index (χ1v) is 7.36. The summed E-state index contributed by atoms with van der Waals surface area (Å²) in [5.41, 5.74) is 0. The number of carbonyl (C=O) groups excluding carboxylic acids is 1. The SMILES string of the molecule is O=C(COc1ccccc1)NC1CCCCC1CCl. The van der Waals surface area contributed by atoms with Crippen LogP contribution >= 0.6 is 11.6 Å². The first-order chi connectivity index (χ1) is 9.29. The number of halogens is 1. The average Bonchev–Trinajstić information content (AvgIpc) is 2.47. The normalized spacial score (nSPS) is 22.8. The van der Waals surface area contributed by atoms with Crippen LogP contribution < -0.4 is 10.1 Å². The molecule has 2 rings (SSSR count). The molecule has 104 valence electrons. The Kier molecular flexibility index (Phi) is 5.52.